The van der Waals surface area contributed by atoms with Crippen molar-refractivity contribution >= 4 is 8.41 Å². The van der Waals surface area contributed by atoms with E-state index in [2.05, 4.69) is 41.5 Å². The maximum Gasteiger partial charge on any atom is 0 e. The maximum absolute atomic E-state index is 2.17. The highest BCUT2D eigenvalue weighted by Crippen LogP contribution is 2.15. The lowest BCUT2D eigenvalue weighted by atomic mass is 10.3. The zero-order valence-corrected chi connectivity index (χ0v) is 13.3. The van der Waals surface area contributed by atoms with E-state index >= 15 is 0 Å². The Morgan fingerprint density at radius 2 is 0.647 bits per heavy atom. The third kappa shape index (κ3) is 124. The largest absolute Gasteiger partial charge is 0.0776 e. The minimum Gasteiger partial charge on any atom is -0.0776 e. The van der Waals surface area contributed by atoms with Crippen molar-refractivity contribution in [3.8, 4) is 0 Å². The Hall–Kier alpha value is 0.0649. The van der Waals surface area contributed by atoms with Gasteiger partial charge in [0, 0.05) is 9.84 Å². The van der Waals surface area contributed by atoms with Crippen LogP contribution in [0.25, 0.3) is 0 Å². The molecule has 0 unspecified atom stereocenters. The quantitative estimate of drug-likeness (QED) is 0.412. The summed E-state index contributed by atoms with van der Waals surface area (Å²) in [7, 11) is 0. The Balaban J connectivity index is -0.0000000263. The molecule has 1 heteroatoms. The summed E-state index contributed by atoms with van der Waals surface area (Å²) in [5.74, 6) is 1.67. The standard InChI is InChI=1S/C5H10.2C4H10.C2H6.CH4.B.H2/c1-2-4-5-3-1;2*1-4(2)3;1-2;;;/h1-5H2;2*4H,1-3H3;1-2H3;1H4;;1H/i;;;;;;1+1. The molecule has 1 fully saturated rings. The van der Waals surface area contributed by atoms with Crippen LogP contribution in [0, 0.1) is 11.8 Å². The lowest BCUT2D eigenvalue weighted by Gasteiger charge is -1.79. The minimum atomic E-state index is 0. The lowest BCUT2D eigenvalue weighted by molar-refractivity contribution is 0.736. The van der Waals surface area contributed by atoms with Gasteiger partial charge in [-0.05, 0) is 11.8 Å². The average molecular weight is 246 g/mol. The molecule has 0 heterocycles. The molecule has 1 rings (SSSR count). The van der Waals surface area contributed by atoms with E-state index in [9.17, 15) is 0 Å². The summed E-state index contributed by atoms with van der Waals surface area (Å²) >= 11 is 0. The first-order chi connectivity index (χ1) is 6.96. The first kappa shape index (κ1) is 30.3. The molecule has 17 heavy (non-hydrogen) atoms. The molecule has 109 valence electrons. The van der Waals surface area contributed by atoms with Gasteiger partial charge in [0.05, 0.1) is 0 Å². The molecule has 0 aliphatic heterocycles. The Morgan fingerprint density at radius 1 is 0.588 bits per heavy atom. The average Bonchev–Trinajstić information content (AvgIpc) is 2.61. The Morgan fingerprint density at radius 3 is 0.706 bits per heavy atom. The van der Waals surface area contributed by atoms with Crippen LogP contribution in [-0.4, -0.2) is 8.41 Å². The molecule has 0 aromatic carbocycles. The summed E-state index contributed by atoms with van der Waals surface area (Å²) in [5.41, 5.74) is 0. The SMILES string of the molecule is C.C1CCCC1.CC.CC(C)C.CC(C)C.[2HH].[B]. The number of hydrogen-bond donors (Lipinski definition) is 0. The second-order valence-corrected chi connectivity index (χ2v) is 5.23. The summed E-state index contributed by atoms with van der Waals surface area (Å²) in [6.45, 7) is 17.0. The summed E-state index contributed by atoms with van der Waals surface area (Å²) < 4.78 is 0. The van der Waals surface area contributed by atoms with Crippen molar-refractivity contribution in [3.63, 3.8) is 0 Å². The second-order valence-electron chi connectivity index (χ2n) is 5.23. The first-order valence-corrected chi connectivity index (χ1v) is 6.96. The smallest absolute Gasteiger partial charge is 0 e. The second kappa shape index (κ2) is 29.8. The van der Waals surface area contributed by atoms with Crippen LogP contribution in [-0.2, 0) is 0 Å². The molecular formula is C16H42B. The van der Waals surface area contributed by atoms with Crippen LogP contribution < -0.4 is 0 Å². The van der Waals surface area contributed by atoms with Gasteiger partial charge >= 0.3 is 0 Å². The van der Waals surface area contributed by atoms with E-state index in [0.717, 1.165) is 11.8 Å². The zero-order valence-electron chi connectivity index (χ0n) is 13.3. The van der Waals surface area contributed by atoms with E-state index < -0.39 is 0 Å². The fourth-order valence-electron chi connectivity index (χ4n) is 0.884. The van der Waals surface area contributed by atoms with E-state index in [1.54, 1.807) is 0 Å². The fourth-order valence-corrected chi connectivity index (χ4v) is 0.884. The molecule has 0 bridgehead atoms. The molecule has 0 aromatic heterocycles. The van der Waals surface area contributed by atoms with Crippen molar-refractivity contribution in [2.24, 2.45) is 11.8 Å². The maximum atomic E-state index is 2.17. The molecule has 0 N–H and O–H groups in total. The van der Waals surface area contributed by atoms with Crippen LogP contribution in [0.3, 0.4) is 0 Å². The third-order valence-electron chi connectivity index (χ3n) is 1.25. The van der Waals surface area contributed by atoms with Gasteiger partial charge in [-0.2, -0.15) is 0 Å². The van der Waals surface area contributed by atoms with Gasteiger partial charge in [-0.3, -0.25) is 0 Å². The summed E-state index contributed by atoms with van der Waals surface area (Å²) in [6.07, 6.45) is 7.50. The molecule has 0 nitrogen and oxygen atoms in total. The minimum absolute atomic E-state index is 0. The first-order valence-electron chi connectivity index (χ1n) is 6.96. The van der Waals surface area contributed by atoms with Crippen LogP contribution >= 0.6 is 0 Å². The van der Waals surface area contributed by atoms with E-state index in [1.165, 1.54) is 32.1 Å². The van der Waals surface area contributed by atoms with Gasteiger partial charge < -0.3 is 0 Å². The zero-order chi connectivity index (χ0) is 12.7. The van der Waals surface area contributed by atoms with Crippen molar-refractivity contribution in [1.82, 2.24) is 0 Å². The Labute approximate surface area is 117 Å². The van der Waals surface area contributed by atoms with Crippen LogP contribution in [0.2, 0.25) is 0 Å². The van der Waals surface area contributed by atoms with Crippen molar-refractivity contribution in [3.05, 3.63) is 0 Å². The molecular weight excluding hydrogens is 203 g/mol. The molecule has 3 radical (unpaired) electrons. The summed E-state index contributed by atoms with van der Waals surface area (Å²) in [6, 6.07) is 0. The van der Waals surface area contributed by atoms with Crippen LogP contribution in [0.15, 0.2) is 0 Å². The number of rotatable bonds is 0. The predicted molar refractivity (Wildman–Crippen MR) is 90.1 cm³/mol. The van der Waals surface area contributed by atoms with E-state index in [0.29, 0.717) is 0 Å². The van der Waals surface area contributed by atoms with Crippen LogP contribution in [0.1, 0.15) is 96.3 Å². The van der Waals surface area contributed by atoms with E-state index in [1.807, 2.05) is 13.8 Å². The highest BCUT2D eigenvalue weighted by Gasteiger charge is 1.95. The van der Waals surface area contributed by atoms with Gasteiger partial charge in [-0.25, -0.2) is 0 Å². The van der Waals surface area contributed by atoms with Gasteiger partial charge in [-0.15, -0.1) is 0 Å². The van der Waals surface area contributed by atoms with E-state index in [4.69, 9.17) is 0 Å². The molecule has 0 saturated heterocycles. The fraction of sp³-hybridized carbons (Fsp3) is 1.00. The molecule has 0 amide bonds. The normalized spacial score (nSPS) is 11.6. The predicted octanol–water partition coefficient (Wildman–Crippen LogP) is 6.80. The Bertz CT molecular complexity index is 60.0. The molecule has 0 spiro atoms. The van der Waals surface area contributed by atoms with Gasteiger partial charge in [0.1, 0.15) is 0 Å². The van der Waals surface area contributed by atoms with Crippen molar-refractivity contribution in [1.29, 1.82) is 0 Å². The van der Waals surface area contributed by atoms with Crippen molar-refractivity contribution in [2.45, 2.75) is 94.9 Å². The van der Waals surface area contributed by atoms with Gasteiger partial charge in [0.25, 0.3) is 0 Å². The molecule has 1 saturated carbocycles. The van der Waals surface area contributed by atoms with E-state index in [-0.39, 0.29) is 17.3 Å². The monoisotopic (exact) mass is 246 g/mol. The van der Waals surface area contributed by atoms with Crippen LogP contribution in [0.5, 0.6) is 0 Å². The molecule has 1 aliphatic rings. The summed E-state index contributed by atoms with van der Waals surface area (Å²) in [5, 5.41) is 0. The highest BCUT2D eigenvalue weighted by molar-refractivity contribution is 5.75. The van der Waals surface area contributed by atoms with Crippen molar-refractivity contribution in [2.75, 3.05) is 0 Å². The van der Waals surface area contributed by atoms with Gasteiger partial charge in [-0.1, -0.05) is 94.9 Å². The summed E-state index contributed by atoms with van der Waals surface area (Å²) in [4.78, 5) is 0. The molecule has 0 atom stereocenters. The molecule has 1 aliphatic carbocycles. The van der Waals surface area contributed by atoms with Gasteiger partial charge in [0.15, 0.2) is 0 Å². The van der Waals surface area contributed by atoms with Crippen LogP contribution in [0.4, 0.5) is 0 Å². The molecule has 0 aromatic rings. The Kier molecular flexibility index (Phi) is 53.0. The highest BCUT2D eigenvalue weighted by atomic mass is 14.0. The lowest BCUT2D eigenvalue weighted by Crippen LogP contribution is -1.66. The van der Waals surface area contributed by atoms with Crippen molar-refractivity contribution < 1.29 is 1.43 Å². The third-order valence-corrected chi connectivity index (χ3v) is 1.25. The topological polar surface area (TPSA) is 0 Å². The number of hydrogen-bond acceptors (Lipinski definition) is 0. The van der Waals surface area contributed by atoms with Gasteiger partial charge in [0.2, 0.25) is 0 Å².